The minimum absolute atomic E-state index is 0.0392. The third-order valence-electron chi connectivity index (χ3n) is 4.72. The Morgan fingerprint density at radius 3 is 2.89 bits per heavy atom. The predicted molar refractivity (Wildman–Crippen MR) is 73.7 cm³/mol. The molecule has 0 aromatic heterocycles. The van der Waals surface area contributed by atoms with E-state index in [1.807, 2.05) is 0 Å². The highest BCUT2D eigenvalue weighted by atomic mass is 16.5. The Balaban J connectivity index is 1.48. The predicted octanol–water partition coefficient (Wildman–Crippen LogP) is 1.66. The lowest BCUT2D eigenvalue weighted by Crippen LogP contribution is -2.53. The number of rotatable bonds is 5. The highest BCUT2D eigenvalue weighted by Crippen LogP contribution is 2.28. The molecule has 0 amide bonds. The Bertz CT molecular complexity index is 335. The highest BCUT2D eigenvalue weighted by molar-refractivity contribution is 4.97. The normalized spacial score (nSPS) is 33.4. The lowest BCUT2D eigenvalue weighted by Gasteiger charge is -2.44. The van der Waals surface area contributed by atoms with Gasteiger partial charge in [0.2, 0.25) is 0 Å². The minimum atomic E-state index is 0.0392. The number of hydrogen-bond acceptors (Lipinski definition) is 4. The molecule has 3 atom stereocenters. The van der Waals surface area contributed by atoms with Crippen LogP contribution in [0.4, 0.5) is 0 Å². The first kappa shape index (κ1) is 13.4. The van der Waals surface area contributed by atoms with E-state index in [9.17, 15) is 5.26 Å². The van der Waals surface area contributed by atoms with E-state index in [1.165, 1.54) is 38.5 Å². The molecule has 1 aliphatic heterocycles. The molecule has 1 saturated heterocycles. The molecular weight excluding hydrogens is 238 g/mol. The Morgan fingerprint density at radius 1 is 1.26 bits per heavy atom. The smallest absolute Gasteiger partial charge is 0.0967 e. The number of morpholine rings is 1. The fourth-order valence-electron chi connectivity index (χ4n) is 3.47. The van der Waals surface area contributed by atoms with Crippen molar-refractivity contribution < 1.29 is 4.74 Å². The van der Waals surface area contributed by atoms with Gasteiger partial charge in [0, 0.05) is 25.2 Å². The third-order valence-corrected chi connectivity index (χ3v) is 4.72. The molecule has 4 heteroatoms. The fraction of sp³-hybridized carbons (Fsp3) is 0.933. The summed E-state index contributed by atoms with van der Waals surface area (Å²) in [5, 5.41) is 12.6. The fourth-order valence-corrected chi connectivity index (χ4v) is 3.47. The third kappa shape index (κ3) is 3.47. The molecule has 2 aliphatic carbocycles. The zero-order valence-electron chi connectivity index (χ0n) is 11.7. The molecule has 0 bridgehead atoms. The van der Waals surface area contributed by atoms with E-state index >= 15 is 0 Å². The Kier molecular flexibility index (Phi) is 4.37. The van der Waals surface area contributed by atoms with E-state index in [2.05, 4.69) is 16.3 Å². The van der Waals surface area contributed by atoms with Crippen LogP contribution in [0.1, 0.15) is 44.9 Å². The summed E-state index contributed by atoms with van der Waals surface area (Å²) in [5.74, 6) is 0. The van der Waals surface area contributed by atoms with Crippen molar-refractivity contribution in [2.45, 2.75) is 69.2 Å². The Morgan fingerprint density at radius 2 is 2.11 bits per heavy atom. The molecule has 0 aromatic carbocycles. The molecule has 3 fully saturated rings. The topological polar surface area (TPSA) is 48.3 Å². The maximum Gasteiger partial charge on any atom is 0.0967 e. The monoisotopic (exact) mass is 263 g/mol. The van der Waals surface area contributed by atoms with Crippen LogP contribution in [0.3, 0.4) is 0 Å². The van der Waals surface area contributed by atoms with Crippen LogP contribution >= 0.6 is 0 Å². The van der Waals surface area contributed by atoms with Crippen LogP contribution in [-0.2, 0) is 4.74 Å². The number of nitriles is 1. The molecule has 2 saturated carbocycles. The molecule has 0 aromatic rings. The van der Waals surface area contributed by atoms with Gasteiger partial charge in [0.25, 0.3) is 0 Å². The number of nitrogens with one attached hydrogen (secondary N) is 1. The van der Waals surface area contributed by atoms with Crippen molar-refractivity contribution in [3.05, 3.63) is 0 Å². The maximum absolute atomic E-state index is 9.21. The van der Waals surface area contributed by atoms with Crippen LogP contribution in [0.5, 0.6) is 0 Å². The summed E-state index contributed by atoms with van der Waals surface area (Å²) in [6.07, 6.45) is 9.07. The quantitative estimate of drug-likeness (QED) is 0.819. The van der Waals surface area contributed by atoms with Crippen molar-refractivity contribution in [2.75, 3.05) is 19.7 Å². The van der Waals surface area contributed by atoms with Crippen LogP contribution in [-0.4, -0.2) is 48.8 Å². The molecule has 0 spiro atoms. The van der Waals surface area contributed by atoms with Crippen molar-refractivity contribution in [1.82, 2.24) is 10.2 Å². The second-order valence-corrected chi connectivity index (χ2v) is 6.21. The van der Waals surface area contributed by atoms with Gasteiger partial charge in [0.15, 0.2) is 0 Å². The molecule has 106 valence electrons. The molecule has 3 unspecified atom stereocenters. The summed E-state index contributed by atoms with van der Waals surface area (Å²) in [6, 6.07) is 3.69. The lowest BCUT2D eigenvalue weighted by molar-refractivity contribution is -0.0884. The zero-order chi connectivity index (χ0) is 13.1. The van der Waals surface area contributed by atoms with Crippen LogP contribution in [0, 0.1) is 11.3 Å². The summed E-state index contributed by atoms with van der Waals surface area (Å²) in [7, 11) is 0. The molecule has 19 heavy (non-hydrogen) atoms. The second kappa shape index (κ2) is 6.21. The first-order chi connectivity index (χ1) is 9.36. The van der Waals surface area contributed by atoms with Gasteiger partial charge in [-0.3, -0.25) is 10.2 Å². The van der Waals surface area contributed by atoms with E-state index in [1.54, 1.807) is 0 Å². The van der Waals surface area contributed by atoms with Gasteiger partial charge in [-0.1, -0.05) is 12.8 Å². The van der Waals surface area contributed by atoms with Gasteiger partial charge in [-0.05, 0) is 32.1 Å². The summed E-state index contributed by atoms with van der Waals surface area (Å²) < 4.78 is 5.90. The van der Waals surface area contributed by atoms with Crippen molar-refractivity contribution in [2.24, 2.45) is 0 Å². The molecule has 0 radical (unpaired) electrons. The van der Waals surface area contributed by atoms with Gasteiger partial charge in [0.1, 0.15) is 0 Å². The summed E-state index contributed by atoms with van der Waals surface area (Å²) in [5.41, 5.74) is 0. The van der Waals surface area contributed by atoms with E-state index in [4.69, 9.17) is 4.74 Å². The van der Waals surface area contributed by atoms with Crippen molar-refractivity contribution in [3.63, 3.8) is 0 Å². The van der Waals surface area contributed by atoms with E-state index < -0.39 is 0 Å². The summed E-state index contributed by atoms with van der Waals surface area (Å²) >= 11 is 0. The molecule has 1 heterocycles. The van der Waals surface area contributed by atoms with Gasteiger partial charge in [-0.2, -0.15) is 5.26 Å². The van der Waals surface area contributed by atoms with E-state index in [0.717, 1.165) is 26.1 Å². The lowest BCUT2D eigenvalue weighted by atomic mass is 9.90. The largest absolute Gasteiger partial charge is 0.375 e. The number of nitrogens with zero attached hydrogens (tertiary/aromatic N) is 2. The molecule has 1 N–H and O–H groups in total. The van der Waals surface area contributed by atoms with Gasteiger partial charge < -0.3 is 4.74 Å². The highest BCUT2D eigenvalue weighted by Gasteiger charge is 2.34. The maximum atomic E-state index is 9.21. The zero-order valence-corrected chi connectivity index (χ0v) is 11.7. The Labute approximate surface area is 116 Å². The standard InChI is InChI=1S/C15H25N3O/c16-11-13(17-12-5-6-12)7-8-18-9-10-19-15-4-2-1-3-14(15)18/h12-15,17H,1-10H2. The molecule has 3 rings (SSSR count). The minimum Gasteiger partial charge on any atom is -0.375 e. The van der Waals surface area contributed by atoms with E-state index in [0.29, 0.717) is 18.2 Å². The van der Waals surface area contributed by atoms with Crippen molar-refractivity contribution in [1.29, 1.82) is 5.26 Å². The van der Waals surface area contributed by atoms with Gasteiger partial charge in [0.05, 0.1) is 24.8 Å². The van der Waals surface area contributed by atoms with E-state index in [-0.39, 0.29) is 6.04 Å². The summed E-state index contributed by atoms with van der Waals surface area (Å²) in [4.78, 5) is 2.58. The van der Waals surface area contributed by atoms with Crippen LogP contribution in [0.15, 0.2) is 0 Å². The average molecular weight is 263 g/mol. The van der Waals surface area contributed by atoms with Crippen molar-refractivity contribution >= 4 is 0 Å². The Hall–Kier alpha value is -0.630. The number of fused-ring (bicyclic) bond motifs is 1. The van der Waals surface area contributed by atoms with Crippen molar-refractivity contribution in [3.8, 4) is 6.07 Å². The average Bonchev–Trinajstić information content (AvgIpc) is 3.27. The first-order valence-corrected chi connectivity index (χ1v) is 7.88. The molecular formula is C15H25N3O. The van der Waals surface area contributed by atoms with Crippen LogP contribution in [0.2, 0.25) is 0 Å². The first-order valence-electron chi connectivity index (χ1n) is 7.88. The summed E-state index contributed by atoms with van der Waals surface area (Å²) in [6.45, 7) is 2.96. The van der Waals surface area contributed by atoms with Crippen LogP contribution < -0.4 is 5.32 Å². The van der Waals surface area contributed by atoms with Gasteiger partial charge >= 0.3 is 0 Å². The number of hydrogen-bond donors (Lipinski definition) is 1. The molecule has 4 nitrogen and oxygen atoms in total. The molecule has 3 aliphatic rings. The van der Waals surface area contributed by atoms with Gasteiger partial charge in [-0.15, -0.1) is 0 Å². The second-order valence-electron chi connectivity index (χ2n) is 6.21. The SMILES string of the molecule is N#CC(CCN1CCOC2CCCCC21)NC1CC1. The van der Waals surface area contributed by atoms with Crippen LogP contribution in [0.25, 0.3) is 0 Å². The van der Waals surface area contributed by atoms with Gasteiger partial charge in [-0.25, -0.2) is 0 Å². The number of ether oxygens (including phenoxy) is 1.